The third kappa shape index (κ3) is 13.5. The van der Waals surface area contributed by atoms with Crippen LogP contribution in [0, 0.1) is 25.2 Å². The summed E-state index contributed by atoms with van der Waals surface area (Å²) >= 11 is 0. The van der Waals surface area contributed by atoms with E-state index in [9.17, 15) is 34.0 Å². The number of carbonyl (C=O) groups excluding carboxylic acids is 6. The molecule has 3 aromatic carbocycles. The smallest absolute Gasteiger partial charge is 0.312 e. The van der Waals surface area contributed by atoms with Gasteiger partial charge in [0, 0.05) is 49.8 Å². The van der Waals surface area contributed by atoms with Crippen LogP contribution >= 0.6 is 0 Å². The first-order valence-electron chi connectivity index (χ1n) is 23.5. The van der Waals surface area contributed by atoms with Crippen LogP contribution in [0.25, 0.3) is 22.5 Å². The fourth-order valence-electron chi connectivity index (χ4n) is 8.57. The molecule has 1 fully saturated rings. The summed E-state index contributed by atoms with van der Waals surface area (Å²) in [5.74, 6) is -2.02. The molecule has 21 heteroatoms. The minimum atomic E-state index is -1.52. The molecular formula is C50H62N12O9. The summed E-state index contributed by atoms with van der Waals surface area (Å²) in [5.41, 5.74) is 20.2. The first kappa shape index (κ1) is 52.5. The van der Waals surface area contributed by atoms with Gasteiger partial charge in [-0.05, 0) is 106 Å². The van der Waals surface area contributed by atoms with E-state index >= 15 is 0 Å². The van der Waals surface area contributed by atoms with Crippen molar-refractivity contribution in [1.29, 1.82) is 5.26 Å². The van der Waals surface area contributed by atoms with Gasteiger partial charge < -0.3 is 62.9 Å². The molecule has 0 unspecified atom stereocenters. The van der Waals surface area contributed by atoms with E-state index in [1.807, 2.05) is 30.3 Å². The summed E-state index contributed by atoms with van der Waals surface area (Å²) in [6.07, 6.45) is 5.68. The molecule has 7 amide bonds. The van der Waals surface area contributed by atoms with Gasteiger partial charge in [0.1, 0.15) is 61.2 Å². The fourth-order valence-corrected chi connectivity index (χ4v) is 8.57. The number of ether oxygens (including phenoxy) is 3. The van der Waals surface area contributed by atoms with Crippen LogP contribution in [0.5, 0.6) is 17.2 Å². The highest BCUT2D eigenvalue weighted by atomic mass is 16.5. The molecule has 11 N–H and O–H groups in total. The number of hydrogen-bond donors (Lipinski definition) is 8. The third-order valence-electron chi connectivity index (χ3n) is 12.1. The Hall–Kier alpha value is -7.83. The van der Waals surface area contributed by atoms with E-state index < -0.39 is 66.3 Å². The minimum absolute atomic E-state index is 0.0297. The number of nitrogens with one attached hydrogen (secondary N) is 5. The summed E-state index contributed by atoms with van der Waals surface area (Å²) in [6, 6.07) is 12.7. The van der Waals surface area contributed by atoms with Crippen molar-refractivity contribution in [2.24, 2.45) is 17.2 Å². The number of primary amides is 1. The lowest BCUT2D eigenvalue weighted by Gasteiger charge is -2.32. The Morgan fingerprint density at radius 1 is 0.859 bits per heavy atom. The van der Waals surface area contributed by atoms with Gasteiger partial charge in [-0.3, -0.25) is 24.0 Å². The number of hydrogen-bond acceptors (Lipinski definition) is 14. The van der Waals surface area contributed by atoms with Crippen LogP contribution in [0.3, 0.4) is 0 Å². The fraction of sp³-hybridized carbons (Fsp3) is 0.420. The molecule has 1 saturated carbocycles. The van der Waals surface area contributed by atoms with Crippen molar-refractivity contribution < 1.29 is 43.0 Å². The number of amides is 7. The van der Waals surface area contributed by atoms with E-state index in [0.717, 1.165) is 36.3 Å². The molecule has 4 atom stereocenters. The summed E-state index contributed by atoms with van der Waals surface area (Å²) in [5, 5.41) is 22.1. The van der Waals surface area contributed by atoms with Gasteiger partial charge in [-0.1, -0.05) is 18.6 Å². The predicted octanol–water partition coefficient (Wildman–Crippen LogP) is 1.97. The first-order valence-corrected chi connectivity index (χ1v) is 23.5. The van der Waals surface area contributed by atoms with Gasteiger partial charge in [-0.15, -0.1) is 0 Å². The van der Waals surface area contributed by atoms with Gasteiger partial charge in [0.15, 0.2) is 5.82 Å². The zero-order valence-corrected chi connectivity index (χ0v) is 40.3. The van der Waals surface area contributed by atoms with Crippen LogP contribution in [-0.4, -0.2) is 121 Å². The van der Waals surface area contributed by atoms with Crippen molar-refractivity contribution in [3.05, 3.63) is 88.7 Å². The number of urea groups is 1. The van der Waals surface area contributed by atoms with E-state index in [1.165, 1.54) is 20.4 Å². The van der Waals surface area contributed by atoms with Gasteiger partial charge in [0.05, 0.1) is 29.1 Å². The molecule has 1 aromatic heterocycles. The number of likely N-dealkylation sites (N-methyl/N-ethyl adjacent to an activating group) is 1. The van der Waals surface area contributed by atoms with E-state index in [4.69, 9.17) is 31.4 Å². The van der Waals surface area contributed by atoms with Crippen LogP contribution in [0.4, 0.5) is 4.79 Å². The lowest BCUT2D eigenvalue weighted by molar-refractivity contribution is -0.141. The molecule has 1 aliphatic carbocycles. The number of aryl methyl sites for hydroxylation is 2. The summed E-state index contributed by atoms with van der Waals surface area (Å²) in [4.78, 5) is 93.4. The molecule has 0 saturated heterocycles. The average molecular weight is 975 g/mol. The topological polar surface area (TPSA) is 321 Å². The van der Waals surface area contributed by atoms with Gasteiger partial charge in [0.2, 0.25) is 23.6 Å². The second-order valence-corrected chi connectivity index (χ2v) is 17.4. The molecule has 2 aliphatic rings. The highest BCUT2D eigenvalue weighted by molar-refractivity contribution is 6.01. The number of rotatable bonds is 17. The van der Waals surface area contributed by atoms with Crippen LogP contribution in [0.1, 0.15) is 77.9 Å². The number of aromatic nitrogens is 2. The quantitative estimate of drug-likeness (QED) is 0.0702. The highest BCUT2D eigenvalue weighted by Crippen LogP contribution is 2.40. The van der Waals surface area contributed by atoms with Gasteiger partial charge in [-0.2, -0.15) is 5.26 Å². The summed E-state index contributed by atoms with van der Waals surface area (Å²) < 4.78 is 18.4. The minimum Gasteiger partial charge on any atom is -0.492 e. The average Bonchev–Trinajstić information content (AvgIpc) is 3.35. The van der Waals surface area contributed by atoms with E-state index in [0.29, 0.717) is 51.0 Å². The maximum atomic E-state index is 14.9. The first-order chi connectivity index (χ1) is 34.1. The van der Waals surface area contributed by atoms with Crippen LogP contribution in [0.15, 0.2) is 60.7 Å². The SMILES string of the molecule is Cc1nc(-c2ccc(OC3CCCCC3)cc2)nc(C)c1C(=O)N[C@@H](CNC(N)=O)C(=O)N(C)[C@@H]1C(=O)N[C@@H](C)C(=O)N[C@H](C(=O)NCC#N)Cc2ccc(OCCN)c(c2)-c2cc1ccc2OCCN. The summed E-state index contributed by atoms with van der Waals surface area (Å²) in [7, 11) is 1.33. The zero-order chi connectivity index (χ0) is 51.2. The molecule has 6 rings (SSSR count). The number of nitrogens with zero attached hydrogens (tertiary/aromatic N) is 4. The van der Waals surface area contributed by atoms with Crippen molar-refractivity contribution in [3.63, 3.8) is 0 Å². The van der Waals surface area contributed by atoms with Crippen molar-refractivity contribution in [3.8, 4) is 45.8 Å². The Balaban J connectivity index is 1.37. The maximum absolute atomic E-state index is 14.9. The van der Waals surface area contributed by atoms with Gasteiger partial charge in [-0.25, -0.2) is 14.8 Å². The number of benzene rings is 3. The molecule has 4 bridgehead atoms. The predicted molar refractivity (Wildman–Crippen MR) is 262 cm³/mol. The molecule has 0 spiro atoms. The molecular weight excluding hydrogens is 913 g/mol. The van der Waals surface area contributed by atoms with Crippen LogP contribution in [0.2, 0.25) is 0 Å². The monoisotopic (exact) mass is 974 g/mol. The van der Waals surface area contributed by atoms with Crippen LogP contribution < -0.4 is 58.0 Å². The lowest BCUT2D eigenvalue weighted by atomic mass is 9.93. The Labute approximate surface area is 411 Å². The van der Waals surface area contributed by atoms with Crippen molar-refractivity contribution in [2.75, 3.05) is 46.4 Å². The Kier molecular flexibility index (Phi) is 18.2. The Bertz CT molecular complexity index is 2610. The third-order valence-corrected chi connectivity index (χ3v) is 12.1. The van der Waals surface area contributed by atoms with E-state index in [2.05, 4.69) is 36.6 Å². The summed E-state index contributed by atoms with van der Waals surface area (Å²) in [6.45, 7) is 4.39. The highest BCUT2D eigenvalue weighted by Gasteiger charge is 2.37. The molecule has 71 heavy (non-hydrogen) atoms. The molecule has 1 aliphatic heterocycles. The van der Waals surface area contributed by atoms with E-state index in [-0.39, 0.29) is 56.5 Å². The van der Waals surface area contributed by atoms with Crippen molar-refractivity contribution >= 4 is 35.6 Å². The van der Waals surface area contributed by atoms with Crippen molar-refractivity contribution in [1.82, 2.24) is 41.5 Å². The second kappa shape index (κ2) is 24.6. The number of fused-ring (bicyclic) bond motifs is 5. The Morgan fingerprint density at radius 2 is 1.49 bits per heavy atom. The lowest BCUT2D eigenvalue weighted by Crippen LogP contribution is -2.57. The maximum Gasteiger partial charge on any atom is 0.312 e. The molecule has 0 radical (unpaired) electrons. The zero-order valence-electron chi connectivity index (χ0n) is 40.3. The molecule has 4 aromatic rings. The van der Waals surface area contributed by atoms with Gasteiger partial charge >= 0.3 is 6.03 Å². The van der Waals surface area contributed by atoms with Crippen LogP contribution in [-0.2, 0) is 25.6 Å². The van der Waals surface area contributed by atoms with Gasteiger partial charge in [0.25, 0.3) is 5.91 Å². The molecule has 376 valence electrons. The van der Waals surface area contributed by atoms with Crippen molar-refractivity contribution in [2.45, 2.75) is 89.6 Å². The Morgan fingerprint density at radius 3 is 2.11 bits per heavy atom. The standard InChI is InChI=1S/C50H62N12O9/c1-28-42(29(2)58-44(57-28)32-11-14-35(15-12-32)71-34-8-6-5-7-9-34)47(65)61-39(27-56-50(54)68)49(67)62(4)43-33-13-17-41(70-23-20-53)37(26-33)36-24-31(10-16-40(36)69-22-19-52)25-38(46(64)55-21-18-51)60-45(63)30(3)59-48(43)66/h10-17,24,26,30,34,38-39,43H,5-9,19-23,25,27,52-53H2,1-4H3,(H,55,64)(H,59,66)(H,60,63)(H,61,65)(H3,54,56,68)/t30-,38-,39-,43-/m0/s1. The number of carbonyl (C=O) groups is 6. The molecule has 2 heterocycles. The normalized spacial score (nSPS) is 17.5. The number of nitrogens with two attached hydrogens (primary N) is 3. The number of nitriles is 1. The largest absolute Gasteiger partial charge is 0.492 e. The van der Waals surface area contributed by atoms with E-state index in [1.54, 1.807) is 50.2 Å². The molecule has 21 nitrogen and oxygen atoms in total. The second-order valence-electron chi connectivity index (χ2n) is 17.4.